The molecule has 0 radical (unpaired) electrons. The number of hydrogen-bond acceptors (Lipinski definition) is 6. The second-order valence-corrected chi connectivity index (χ2v) is 22.7. The lowest BCUT2D eigenvalue weighted by Gasteiger charge is -2.18. The molecule has 0 N–H and O–H groups in total. The van der Waals surface area contributed by atoms with E-state index < -0.39 is 6.10 Å². The van der Waals surface area contributed by atoms with Crippen LogP contribution in [0.25, 0.3) is 0 Å². The summed E-state index contributed by atoms with van der Waals surface area (Å²) in [6.45, 7) is 6.62. The van der Waals surface area contributed by atoms with Crippen LogP contribution in [0.3, 0.4) is 0 Å². The lowest BCUT2D eigenvalue weighted by atomic mass is 10.0. The third-order valence-electron chi connectivity index (χ3n) is 15.0. The number of esters is 3. The second kappa shape index (κ2) is 65.6. The molecule has 6 nitrogen and oxygen atoms in total. The molecule has 1 atom stereocenters. The Kier molecular flexibility index (Phi) is 63.2. The van der Waals surface area contributed by atoms with Gasteiger partial charge in [-0.25, -0.2) is 0 Å². The van der Waals surface area contributed by atoms with E-state index in [9.17, 15) is 14.4 Å². The standard InChI is InChI=1S/C71H128O6/c1-4-7-10-13-16-18-20-22-24-26-28-30-31-32-33-34-35-36-37-38-39-41-42-44-46-48-50-52-55-58-61-64-70(73)76-67-68(66-75-69(72)63-60-57-54-15-12-9-6-3)77-71(74)65-62-59-56-53-51-49-47-45-43-40-29-27-25-23-21-19-17-14-11-8-5-2/h20-23,26-29,31-32,68H,4-19,24-25,30,33-67H2,1-3H3/b22-20-,23-21-,28-26-,29-27-,32-31-. The Balaban J connectivity index is 4.05. The first-order chi connectivity index (χ1) is 38.0. The van der Waals surface area contributed by atoms with Crippen LogP contribution in [0.15, 0.2) is 60.8 Å². The van der Waals surface area contributed by atoms with Gasteiger partial charge in [0.1, 0.15) is 13.2 Å². The van der Waals surface area contributed by atoms with E-state index in [1.165, 1.54) is 238 Å². The molecular weight excluding hydrogens is 949 g/mol. The Bertz CT molecular complexity index is 1380. The van der Waals surface area contributed by atoms with Crippen molar-refractivity contribution >= 4 is 17.9 Å². The van der Waals surface area contributed by atoms with Crippen LogP contribution in [0.1, 0.15) is 355 Å². The van der Waals surface area contributed by atoms with Crippen LogP contribution in [0.4, 0.5) is 0 Å². The monoisotopic (exact) mass is 1080 g/mol. The largest absolute Gasteiger partial charge is 0.462 e. The van der Waals surface area contributed by atoms with Crippen molar-refractivity contribution in [2.45, 2.75) is 361 Å². The van der Waals surface area contributed by atoms with Crippen LogP contribution in [0.2, 0.25) is 0 Å². The van der Waals surface area contributed by atoms with Gasteiger partial charge in [-0.15, -0.1) is 0 Å². The van der Waals surface area contributed by atoms with Crippen LogP contribution in [0, 0.1) is 0 Å². The van der Waals surface area contributed by atoms with Crippen molar-refractivity contribution in [2.75, 3.05) is 13.2 Å². The molecule has 0 aliphatic carbocycles. The van der Waals surface area contributed by atoms with Gasteiger partial charge in [-0.05, 0) is 89.9 Å². The minimum atomic E-state index is -0.773. The van der Waals surface area contributed by atoms with Gasteiger partial charge in [0.05, 0.1) is 0 Å². The maximum atomic E-state index is 12.9. The quantitative estimate of drug-likeness (QED) is 0.0261. The molecular formula is C71H128O6. The van der Waals surface area contributed by atoms with Gasteiger partial charge in [0.2, 0.25) is 0 Å². The fourth-order valence-electron chi connectivity index (χ4n) is 9.89. The minimum Gasteiger partial charge on any atom is -0.462 e. The summed E-state index contributed by atoms with van der Waals surface area (Å²) >= 11 is 0. The van der Waals surface area contributed by atoms with E-state index in [0.717, 1.165) is 77.0 Å². The molecule has 0 fully saturated rings. The fraction of sp³-hybridized carbons (Fsp3) is 0.817. The van der Waals surface area contributed by atoms with Gasteiger partial charge in [0.25, 0.3) is 0 Å². The maximum absolute atomic E-state index is 12.9. The molecule has 0 amide bonds. The van der Waals surface area contributed by atoms with Crippen molar-refractivity contribution < 1.29 is 28.6 Å². The first kappa shape index (κ1) is 74.1. The maximum Gasteiger partial charge on any atom is 0.306 e. The van der Waals surface area contributed by atoms with Gasteiger partial charge in [0.15, 0.2) is 6.10 Å². The third-order valence-corrected chi connectivity index (χ3v) is 15.0. The summed E-state index contributed by atoms with van der Waals surface area (Å²) in [5.41, 5.74) is 0. The summed E-state index contributed by atoms with van der Waals surface area (Å²) in [6, 6.07) is 0. The molecule has 448 valence electrons. The van der Waals surface area contributed by atoms with Gasteiger partial charge < -0.3 is 14.2 Å². The molecule has 0 rings (SSSR count). The summed E-state index contributed by atoms with van der Waals surface area (Å²) in [7, 11) is 0. The zero-order valence-corrected chi connectivity index (χ0v) is 51.5. The molecule has 0 aromatic heterocycles. The van der Waals surface area contributed by atoms with Crippen LogP contribution < -0.4 is 0 Å². The molecule has 0 aromatic rings. The Hall–Kier alpha value is -2.89. The van der Waals surface area contributed by atoms with Crippen molar-refractivity contribution in [1.29, 1.82) is 0 Å². The lowest BCUT2D eigenvalue weighted by molar-refractivity contribution is -0.167. The van der Waals surface area contributed by atoms with Crippen molar-refractivity contribution in [2.24, 2.45) is 0 Å². The van der Waals surface area contributed by atoms with E-state index in [0.29, 0.717) is 19.3 Å². The fourth-order valence-corrected chi connectivity index (χ4v) is 9.89. The van der Waals surface area contributed by atoms with Gasteiger partial charge in [0, 0.05) is 19.3 Å². The summed E-state index contributed by atoms with van der Waals surface area (Å²) in [4.78, 5) is 38.1. The van der Waals surface area contributed by atoms with Crippen molar-refractivity contribution in [1.82, 2.24) is 0 Å². The number of unbranched alkanes of at least 4 members (excludes halogenated alkanes) is 41. The highest BCUT2D eigenvalue weighted by atomic mass is 16.6. The van der Waals surface area contributed by atoms with E-state index in [-0.39, 0.29) is 31.1 Å². The van der Waals surface area contributed by atoms with Crippen molar-refractivity contribution in [3.63, 3.8) is 0 Å². The van der Waals surface area contributed by atoms with Crippen LogP contribution in [-0.2, 0) is 28.6 Å². The number of ether oxygens (including phenoxy) is 3. The highest BCUT2D eigenvalue weighted by molar-refractivity contribution is 5.71. The molecule has 0 aromatic carbocycles. The highest BCUT2D eigenvalue weighted by Gasteiger charge is 2.19. The molecule has 0 bridgehead atoms. The van der Waals surface area contributed by atoms with Gasteiger partial charge in [-0.3, -0.25) is 14.4 Å². The number of rotatable bonds is 62. The summed E-state index contributed by atoms with van der Waals surface area (Å²) in [5.74, 6) is -0.866. The van der Waals surface area contributed by atoms with E-state index >= 15 is 0 Å². The van der Waals surface area contributed by atoms with Gasteiger partial charge in [-0.2, -0.15) is 0 Å². The van der Waals surface area contributed by atoms with E-state index in [1.54, 1.807) is 0 Å². The van der Waals surface area contributed by atoms with Gasteiger partial charge >= 0.3 is 17.9 Å². The predicted molar refractivity (Wildman–Crippen MR) is 335 cm³/mol. The second-order valence-electron chi connectivity index (χ2n) is 22.7. The predicted octanol–water partition coefficient (Wildman–Crippen LogP) is 23.1. The number of carbonyl (C=O) groups excluding carboxylic acids is 3. The topological polar surface area (TPSA) is 78.9 Å². The Morgan fingerprint density at radius 3 is 0.727 bits per heavy atom. The smallest absolute Gasteiger partial charge is 0.306 e. The third kappa shape index (κ3) is 63.8. The lowest BCUT2D eigenvalue weighted by Crippen LogP contribution is -2.30. The summed E-state index contributed by atoms with van der Waals surface area (Å²) in [5, 5.41) is 0. The molecule has 0 saturated carbocycles. The molecule has 0 aliphatic heterocycles. The average Bonchev–Trinajstić information content (AvgIpc) is 3.43. The van der Waals surface area contributed by atoms with Crippen LogP contribution in [-0.4, -0.2) is 37.2 Å². The molecule has 6 heteroatoms. The number of hydrogen-bond donors (Lipinski definition) is 0. The molecule has 1 unspecified atom stereocenters. The Morgan fingerprint density at radius 1 is 0.260 bits per heavy atom. The zero-order valence-electron chi connectivity index (χ0n) is 51.5. The number of carbonyl (C=O) groups is 3. The van der Waals surface area contributed by atoms with Crippen molar-refractivity contribution in [3.05, 3.63) is 60.8 Å². The zero-order chi connectivity index (χ0) is 55.7. The molecule has 77 heavy (non-hydrogen) atoms. The van der Waals surface area contributed by atoms with E-state index in [4.69, 9.17) is 14.2 Å². The molecule has 0 saturated heterocycles. The normalized spacial score (nSPS) is 12.4. The Morgan fingerprint density at radius 2 is 0.468 bits per heavy atom. The summed E-state index contributed by atoms with van der Waals surface area (Å²) < 4.78 is 16.9. The number of allylic oxidation sites excluding steroid dienone is 10. The summed E-state index contributed by atoms with van der Waals surface area (Å²) in [6.07, 6.45) is 84.1. The van der Waals surface area contributed by atoms with Gasteiger partial charge in [-0.1, -0.05) is 306 Å². The van der Waals surface area contributed by atoms with Crippen LogP contribution in [0.5, 0.6) is 0 Å². The van der Waals surface area contributed by atoms with E-state index in [2.05, 4.69) is 81.5 Å². The minimum absolute atomic E-state index is 0.0724. The first-order valence-corrected chi connectivity index (χ1v) is 33.8. The highest BCUT2D eigenvalue weighted by Crippen LogP contribution is 2.17. The molecule has 0 spiro atoms. The first-order valence-electron chi connectivity index (χ1n) is 33.8. The van der Waals surface area contributed by atoms with Crippen molar-refractivity contribution in [3.8, 4) is 0 Å². The Labute approximate surface area is 479 Å². The molecule has 0 aliphatic rings. The SMILES string of the molecule is CCCCCCC/C=C\C/C=C\C/C=C\CCCCCCCCCCCCCCCCCCC(=O)OCC(COC(=O)CCCCCCCCC)OC(=O)CCCCCCCCCCC/C=C\C/C=C\CCCCCCC. The van der Waals surface area contributed by atoms with E-state index in [1.807, 2.05) is 0 Å². The average molecular weight is 1080 g/mol. The van der Waals surface area contributed by atoms with Crippen LogP contribution >= 0.6 is 0 Å². The molecule has 0 heterocycles.